The van der Waals surface area contributed by atoms with Gasteiger partial charge in [-0.1, -0.05) is 30.3 Å². The number of anilines is 1. The number of nitrogens with zero attached hydrogens (tertiary/aromatic N) is 2. The Morgan fingerprint density at radius 2 is 1.96 bits per heavy atom. The zero-order valence-electron chi connectivity index (χ0n) is 16.0. The van der Waals surface area contributed by atoms with Crippen LogP contribution in [-0.4, -0.2) is 47.3 Å². The molecule has 1 fully saturated rings. The molecule has 0 bridgehead atoms. The summed E-state index contributed by atoms with van der Waals surface area (Å²) in [7, 11) is 0. The first-order chi connectivity index (χ1) is 13.8. The maximum Gasteiger partial charge on any atom is 0.319 e. The maximum atomic E-state index is 12.2. The Bertz CT molecular complexity index is 899. The summed E-state index contributed by atoms with van der Waals surface area (Å²) in [5, 5.41) is 13.8. The number of urea groups is 1. The molecule has 2 amide bonds. The predicted molar refractivity (Wildman–Crippen MR) is 112 cm³/mol. The molecule has 28 heavy (non-hydrogen) atoms. The lowest BCUT2D eigenvalue weighted by molar-refractivity contribution is 0.184. The summed E-state index contributed by atoms with van der Waals surface area (Å²) in [5.74, 6) is 0.551. The van der Waals surface area contributed by atoms with Gasteiger partial charge in [-0.25, -0.2) is 4.79 Å². The summed E-state index contributed by atoms with van der Waals surface area (Å²) < 4.78 is 0. The minimum absolute atomic E-state index is 0.144. The minimum Gasteiger partial charge on any atom is -0.338 e. The first-order valence-electron chi connectivity index (χ1n) is 10.0. The maximum absolute atomic E-state index is 12.2. The van der Waals surface area contributed by atoms with E-state index in [1.807, 2.05) is 18.2 Å². The number of hydrogen-bond acceptors (Lipinski definition) is 3. The first-order valence-corrected chi connectivity index (χ1v) is 10.0. The lowest BCUT2D eigenvalue weighted by Gasteiger charge is -2.32. The topological polar surface area (TPSA) is 73.1 Å². The number of piperidine rings is 1. The Morgan fingerprint density at radius 3 is 2.79 bits per heavy atom. The standard InChI is InChI=1S/C22H27N5O/c28-22(25-20-6-7-21-19(14-20)16-24-26-21)23-15-18-9-12-27(13-10-18)11-8-17-4-2-1-3-5-17/h1-7,14,16,18H,8-13,15H2,(H,24,26)(H2,23,25,28). The summed E-state index contributed by atoms with van der Waals surface area (Å²) in [4.78, 5) is 14.7. The van der Waals surface area contributed by atoms with Crippen molar-refractivity contribution in [1.82, 2.24) is 20.4 Å². The zero-order chi connectivity index (χ0) is 19.2. The van der Waals surface area contributed by atoms with Gasteiger partial charge in [-0.15, -0.1) is 0 Å². The molecule has 1 aromatic heterocycles. The normalized spacial score (nSPS) is 15.6. The second-order valence-corrected chi connectivity index (χ2v) is 7.53. The van der Waals surface area contributed by atoms with Crippen LogP contribution in [0.1, 0.15) is 18.4 Å². The van der Waals surface area contributed by atoms with Gasteiger partial charge in [-0.3, -0.25) is 5.10 Å². The molecule has 4 rings (SSSR count). The molecule has 0 radical (unpaired) electrons. The van der Waals surface area contributed by atoms with Crippen LogP contribution in [0.15, 0.2) is 54.7 Å². The lowest BCUT2D eigenvalue weighted by atomic mass is 9.96. The third-order valence-electron chi connectivity index (χ3n) is 5.52. The van der Waals surface area contributed by atoms with Crippen molar-refractivity contribution in [1.29, 1.82) is 0 Å². The molecular formula is C22H27N5O. The molecule has 0 atom stereocenters. The van der Waals surface area contributed by atoms with Crippen LogP contribution in [-0.2, 0) is 6.42 Å². The Morgan fingerprint density at radius 1 is 1.14 bits per heavy atom. The van der Waals surface area contributed by atoms with E-state index >= 15 is 0 Å². The van der Waals surface area contributed by atoms with Crippen molar-refractivity contribution in [2.45, 2.75) is 19.3 Å². The van der Waals surface area contributed by atoms with Crippen LogP contribution < -0.4 is 10.6 Å². The van der Waals surface area contributed by atoms with Crippen molar-refractivity contribution in [2.75, 3.05) is 31.5 Å². The number of nitrogens with one attached hydrogen (secondary N) is 3. The van der Waals surface area contributed by atoms with E-state index in [-0.39, 0.29) is 6.03 Å². The van der Waals surface area contributed by atoms with E-state index in [4.69, 9.17) is 0 Å². The number of rotatable bonds is 6. The molecule has 2 heterocycles. The van der Waals surface area contributed by atoms with Crippen LogP contribution >= 0.6 is 0 Å². The Hall–Kier alpha value is -2.86. The van der Waals surface area contributed by atoms with Crippen molar-refractivity contribution < 1.29 is 4.79 Å². The average Bonchev–Trinajstić information content (AvgIpc) is 3.20. The van der Waals surface area contributed by atoms with Crippen LogP contribution in [0.3, 0.4) is 0 Å². The van der Waals surface area contributed by atoms with Crippen molar-refractivity contribution in [2.24, 2.45) is 5.92 Å². The van der Waals surface area contributed by atoms with Crippen molar-refractivity contribution >= 4 is 22.6 Å². The monoisotopic (exact) mass is 377 g/mol. The third-order valence-corrected chi connectivity index (χ3v) is 5.52. The molecule has 1 aliphatic rings. The van der Waals surface area contributed by atoms with Gasteiger partial charge in [-0.05, 0) is 62.0 Å². The van der Waals surface area contributed by atoms with E-state index in [1.54, 1.807) is 6.20 Å². The molecule has 0 unspecified atom stereocenters. The fraction of sp³-hybridized carbons (Fsp3) is 0.364. The van der Waals surface area contributed by atoms with Crippen LogP contribution in [0.2, 0.25) is 0 Å². The highest BCUT2D eigenvalue weighted by Crippen LogP contribution is 2.18. The second kappa shape index (κ2) is 8.89. The van der Waals surface area contributed by atoms with E-state index in [9.17, 15) is 4.79 Å². The molecule has 1 saturated heterocycles. The smallest absolute Gasteiger partial charge is 0.319 e. The summed E-state index contributed by atoms with van der Waals surface area (Å²) >= 11 is 0. The first kappa shape index (κ1) is 18.5. The number of carbonyl (C=O) groups excluding carboxylic acids is 1. The Labute approximate surface area is 165 Å². The molecule has 0 saturated carbocycles. The molecule has 146 valence electrons. The summed E-state index contributed by atoms with van der Waals surface area (Å²) in [6.07, 6.45) is 5.13. The number of likely N-dealkylation sites (tertiary alicyclic amines) is 1. The second-order valence-electron chi connectivity index (χ2n) is 7.53. The summed E-state index contributed by atoms with van der Waals surface area (Å²) in [5.41, 5.74) is 3.14. The van der Waals surface area contributed by atoms with Gasteiger partial charge >= 0.3 is 6.03 Å². The van der Waals surface area contributed by atoms with E-state index in [0.29, 0.717) is 5.92 Å². The van der Waals surface area contributed by atoms with Gasteiger partial charge < -0.3 is 15.5 Å². The molecule has 0 aliphatic carbocycles. The molecular weight excluding hydrogens is 350 g/mol. The molecule has 6 nitrogen and oxygen atoms in total. The van der Waals surface area contributed by atoms with E-state index < -0.39 is 0 Å². The Balaban J connectivity index is 1.16. The van der Waals surface area contributed by atoms with Gasteiger partial charge in [0.25, 0.3) is 0 Å². The molecule has 2 aromatic carbocycles. The van der Waals surface area contributed by atoms with Gasteiger partial charge in [0.15, 0.2) is 0 Å². The fourth-order valence-corrected chi connectivity index (χ4v) is 3.78. The number of benzene rings is 2. The van der Waals surface area contributed by atoms with Gasteiger partial charge in [0, 0.05) is 24.2 Å². The van der Waals surface area contributed by atoms with Gasteiger partial charge in [-0.2, -0.15) is 5.10 Å². The molecule has 1 aliphatic heterocycles. The van der Waals surface area contributed by atoms with Crippen molar-refractivity contribution in [3.05, 3.63) is 60.3 Å². The fourth-order valence-electron chi connectivity index (χ4n) is 3.78. The molecule has 0 spiro atoms. The van der Waals surface area contributed by atoms with E-state index in [0.717, 1.165) is 62.0 Å². The number of amides is 2. The lowest BCUT2D eigenvalue weighted by Crippen LogP contribution is -2.40. The molecule has 6 heteroatoms. The highest BCUT2D eigenvalue weighted by atomic mass is 16.2. The number of fused-ring (bicyclic) bond motifs is 1. The highest BCUT2D eigenvalue weighted by Gasteiger charge is 2.19. The number of H-pyrrole nitrogens is 1. The summed E-state index contributed by atoms with van der Waals surface area (Å²) in [6, 6.07) is 16.2. The number of aromatic amines is 1. The third kappa shape index (κ3) is 4.89. The van der Waals surface area contributed by atoms with Gasteiger partial charge in [0.05, 0.1) is 11.7 Å². The van der Waals surface area contributed by atoms with E-state index in [2.05, 4.69) is 56.1 Å². The zero-order valence-corrected chi connectivity index (χ0v) is 16.0. The van der Waals surface area contributed by atoms with Crippen LogP contribution in [0.25, 0.3) is 10.9 Å². The highest BCUT2D eigenvalue weighted by molar-refractivity contribution is 5.92. The Kier molecular flexibility index (Phi) is 5.87. The van der Waals surface area contributed by atoms with Crippen molar-refractivity contribution in [3.8, 4) is 0 Å². The quantitative estimate of drug-likeness (QED) is 0.614. The number of carbonyl (C=O) groups is 1. The van der Waals surface area contributed by atoms with Gasteiger partial charge in [0.2, 0.25) is 0 Å². The largest absolute Gasteiger partial charge is 0.338 e. The van der Waals surface area contributed by atoms with Crippen LogP contribution in [0.4, 0.5) is 10.5 Å². The average molecular weight is 377 g/mol. The molecule has 3 aromatic rings. The van der Waals surface area contributed by atoms with Crippen LogP contribution in [0, 0.1) is 5.92 Å². The summed E-state index contributed by atoms with van der Waals surface area (Å²) in [6.45, 7) is 4.06. The SMILES string of the molecule is O=C(NCC1CCN(CCc2ccccc2)CC1)Nc1ccc2[nH]ncc2c1. The molecule has 3 N–H and O–H groups in total. The van der Waals surface area contributed by atoms with Crippen LogP contribution in [0.5, 0.6) is 0 Å². The minimum atomic E-state index is -0.144. The van der Waals surface area contributed by atoms with Gasteiger partial charge in [0.1, 0.15) is 0 Å². The predicted octanol–water partition coefficient (Wildman–Crippen LogP) is 3.64. The van der Waals surface area contributed by atoms with Crippen molar-refractivity contribution in [3.63, 3.8) is 0 Å². The van der Waals surface area contributed by atoms with E-state index in [1.165, 1.54) is 5.56 Å². The number of aromatic nitrogens is 2. The number of hydrogen-bond donors (Lipinski definition) is 3.